The van der Waals surface area contributed by atoms with Crippen molar-refractivity contribution in [3.8, 4) is 0 Å². The lowest BCUT2D eigenvalue weighted by molar-refractivity contribution is -0.385. The molecule has 0 spiro atoms. The summed E-state index contributed by atoms with van der Waals surface area (Å²) in [5.41, 5.74) is 2.12. The quantitative estimate of drug-likeness (QED) is 0.503. The first kappa shape index (κ1) is 19.5. The van der Waals surface area contributed by atoms with Gasteiger partial charge in [-0.1, -0.05) is 17.7 Å². The second-order valence-corrected chi connectivity index (χ2v) is 7.10. The molecular formula is C21H15ClN4O4. The first-order chi connectivity index (χ1) is 14.4. The lowest BCUT2D eigenvalue weighted by atomic mass is 10.1. The Hall–Kier alpha value is -3.78. The minimum absolute atomic E-state index is 0.141. The van der Waals surface area contributed by atoms with Crippen molar-refractivity contribution < 1.29 is 14.5 Å². The van der Waals surface area contributed by atoms with Gasteiger partial charge in [-0.15, -0.1) is 0 Å². The lowest BCUT2D eigenvalue weighted by Crippen LogP contribution is -2.28. The first-order valence-corrected chi connectivity index (χ1v) is 9.42. The molecule has 1 aromatic heterocycles. The number of hydrogen-bond donors (Lipinski definition) is 1. The fraction of sp³-hybridized carbons (Fsp3) is 0.0952. The van der Waals surface area contributed by atoms with Gasteiger partial charge in [-0.2, -0.15) is 0 Å². The number of nitro groups is 1. The number of nitrogens with zero attached hydrogens (tertiary/aromatic N) is 3. The van der Waals surface area contributed by atoms with E-state index in [0.717, 1.165) is 5.56 Å². The minimum atomic E-state index is -0.658. The average Bonchev–Trinajstić information content (AvgIpc) is 3.16. The fourth-order valence-electron chi connectivity index (χ4n) is 3.37. The lowest BCUT2D eigenvalue weighted by Gasteiger charge is -2.18. The Bertz CT molecular complexity index is 1170. The maximum absolute atomic E-state index is 12.8. The number of anilines is 2. The molecular weight excluding hydrogens is 408 g/mol. The van der Waals surface area contributed by atoms with Crippen LogP contribution in [0, 0.1) is 10.1 Å². The third-order valence-electron chi connectivity index (χ3n) is 4.81. The van der Waals surface area contributed by atoms with Crippen LogP contribution in [0.2, 0.25) is 5.02 Å². The van der Waals surface area contributed by atoms with E-state index in [-0.39, 0.29) is 22.2 Å². The van der Waals surface area contributed by atoms with E-state index in [1.807, 2.05) is 6.07 Å². The number of benzene rings is 2. The van der Waals surface area contributed by atoms with E-state index in [0.29, 0.717) is 29.9 Å². The summed E-state index contributed by atoms with van der Waals surface area (Å²) >= 11 is 5.91. The number of rotatable bonds is 4. The van der Waals surface area contributed by atoms with Gasteiger partial charge in [0.25, 0.3) is 17.5 Å². The molecule has 1 aliphatic heterocycles. The molecule has 2 heterocycles. The Morgan fingerprint density at radius 3 is 2.60 bits per heavy atom. The van der Waals surface area contributed by atoms with Gasteiger partial charge in [-0.25, -0.2) is 0 Å². The number of amides is 2. The Balaban J connectivity index is 1.61. The molecule has 30 heavy (non-hydrogen) atoms. The largest absolute Gasteiger partial charge is 0.322 e. The summed E-state index contributed by atoms with van der Waals surface area (Å²) in [5, 5.41) is 14.1. The molecule has 0 bridgehead atoms. The molecule has 0 saturated carbocycles. The Labute approximate surface area is 176 Å². The van der Waals surface area contributed by atoms with Crippen molar-refractivity contribution in [1.82, 2.24) is 4.98 Å². The predicted octanol–water partition coefficient (Wildman–Crippen LogP) is 4.10. The highest BCUT2D eigenvalue weighted by atomic mass is 35.5. The van der Waals surface area contributed by atoms with Crippen LogP contribution in [0.1, 0.15) is 26.3 Å². The highest BCUT2D eigenvalue weighted by molar-refractivity contribution is 6.31. The van der Waals surface area contributed by atoms with Crippen LogP contribution in [-0.4, -0.2) is 28.3 Å². The standard InChI is InChI=1S/C21H15ClN4O4/c22-15-2-4-18(26(29)30)17(11-15)20(27)24-16-3-1-13-7-10-25(19(13)12-16)21(28)14-5-8-23-9-6-14/h1-6,8-9,11-12H,7,10H2,(H,24,27). The van der Waals surface area contributed by atoms with Crippen LogP contribution >= 0.6 is 11.6 Å². The van der Waals surface area contributed by atoms with Crippen molar-refractivity contribution in [3.63, 3.8) is 0 Å². The maximum Gasteiger partial charge on any atom is 0.282 e. The van der Waals surface area contributed by atoms with Gasteiger partial charge >= 0.3 is 0 Å². The normalized spacial score (nSPS) is 12.4. The number of aromatic nitrogens is 1. The van der Waals surface area contributed by atoms with E-state index in [2.05, 4.69) is 10.3 Å². The Kier molecular flexibility index (Phi) is 5.16. The molecule has 0 unspecified atom stereocenters. The van der Waals surface area contributed by atoms with Crippen LogP contribution in [0.15, 0.2) is 60.9 Å². The van der Waals surface area contributed by atoms with Gasteiger partial charge in [0.15, 0.2) is 0 Å². The number of hydrogen-bond acceptors (Lipinski definition) is 5. The van der Waals surface area contributed by atoms with Gasteiger partial charge in [0.1, 0.15) is 5.56 Å². The van der Waals surface area contributed by atoms with E-state index in [9.17, 15) is 19.7 Å². The molecule has 3 aromatic rings. The highest BCUT2D eigenvalue weighted by Crippen LogP contribution is 2.32. The molecule has 150 valence electrons. The Morgan fingerprint density at radius 2 is 1.87 bits per heavy atom. The summed E-state index contributed by atoms with van der Waals surface area (Å²) in [5.74, 6) is -0.820. The molecule has 1 aliphatic rings. The van der Waals surface area contributed by atoms with Crippen molar-refractivity contribution in [2.45, 2.75) is 6.42 Å². The van der Waals surface area contributed by atoms with Gasteiger partial charge in [0.2, 0.25) is 0 Å². The second-order valence-electron chi connectivity index (χ2n) is 6.66. The summed E-state index contributed by atoms with van der Waals surface area (Å²) in [7, 11) is 0. The SMILES string of the molecule is O=C(Nc1ccc2c(c1)N(C(=O)c1ccncc1)CC2)c1cc(Cl)ccc1[N+](=O)[O-]. The summed E-state index contributed by atoms with van der Waals surface area (Å²) < 4.78 is 0. The molecule has 0 radical (unpaired) electrons. The minimum Gasteiger partial charge on any atom is -0.322 e. The van der Waals surface area contributed by atoms with E-state index >= 15 is 0 Å². The van der Waals surface area contributed by atoms with Crippen LogP contribution in [0.25, 0.3) is 0 Å². The molecule has 0 atom stereocenters. The molecule has 2 aromatic carbocycles. The smallest absolute Gasteiger partial charge is 0.282 e. The van der Waals surface area contributed by atoms with Crippen LogP contribution in [0.3, 0.4) is 0 Å². The molecule has 0 saturated heterocycles. The van der Waals surface area contributed by atoms with E-state index < -0.39 is 10.8 Å². The second kappa shape index (κ2) is 7.92. The van der Waals surface area contributed by atoms with Crippen LogP contribution in [0.5, 0.6) is 0 Å². The molecule has 0 aliphatic carbocycles. The van der Waals surface area contributed by atoms with Crippen molar-refractivity contribution in [2.75, 3.05) is 16.8 Å². The van der Waals surface area contributed by atoms with Crippen molar-refractivity contribution >= 4 is 40.5 Å². The number of fused-ring (bicyclic) bond motifs is 1. The molecule has 9 heteroatoms. The zero-order chi connectivity index (χ0) is 21.3. The van der Waals surface area contributed by atoms with Crippen LogP contribution in [-0.2, 0) is 6.42 Å². The molecule has 2 amide bonds. The molecule has 1 N–H and O–H groups in total. The van der Waals surface area contributed by atoms with Crippen molar-refractivity contribution in [2.24, 2.45) is 0 Å². The number of nitrogens with one attached hydrogen (secondary N) is 1. The summed E-state index contributed by atoms with van der Waals surface area (Å²) in [6.07, 6.45) is 3.80. The number of nitro benzene ring substituents is 1. The van der Waals surface area contributed by atoms with Gasteiger partial charge in [0, 0.05) is 47.0 Å². The van der Waals surface area contributed by atoms with Gasteiger partial charge < -0.3 is 10.2 Å². The summed E-state index contributed by atoms with van der Waals surface area (Å²) in [6.45, 7) is 0.521. The van der Waals surface area contributed by atoms with E-state index in [4.69, 9.17) is 11.6 Å². The molecule has 0 fully saturated rings. The third-order valence-corrected chi connectivity index (χ3v) is 5.05. The number of pyridine rings is 1. The molecule has 4 rings (SSSR count). The Morgan fingerprint density at radius 1 is 1.10 bits per heavy atom. The van der Waals surface area contributed by atoms with Crippen LogP contribution in [0.4, 0.5) is 17.1 Å². The number of carbonyl (C=O) groups is 2. The summed E-state index contributed by atoms with van der Waals surface area (Å²) in [4.78, 5) is 41.7. The maximum atomic E-state index is 12.8. The van der Waals surface area contributed by atoms with Crippen molar-refractivity contribution in [3.05, 3.63) is 92.8 Å². The zero-order valence-corrected chi connectivity index (χ0v) is 16.3. The van der Waals surface area contributed by atoms with Gasteiger partial charge in [0.05, 0.1) is 4.92 Å². The van der Waals surface area contributed by atoms with Crippen LogP contribution < -0.4 is 10.2 Å². The van der Waals surface area contributed by atoms with E-state index in [1.165, 1.54) is 18.2 Å². The monoisotopic (exact) mass is 422 g/mol. The van der Waals surface area contributed by atoms with Gasteiger partial charge in [-0.3, -0.25) is 24.7 Å². The van der Waals surface area contributed by atoms with E-state index in [1.54, 1.807) is 41.6 Å². The van der Waals surface area contributed by atoms with Gasteiger partial charge in [-0.05, 0) is 48.4 Å². The number of carbonyl (C=O) groups excluding carboxylic acids is 2. The van der Waals surface area contributed by atoms with Crippen molar-refractivity contribution in [1.29, 1.82) is 0 Å². The average molecular weight is 423 g/mol. The number of halogens is 1. The topological polar surface area (TPSA) is 105 Å². The fourth-order valence-corrected chi connectivity index (χ4v) is 3.54. The highest BCUT2D eigenvalue weighted by Gasteiger charge is 2.27. The third kappa shape index (κ3) is 3.72. The predicted molar refractivity (Wildman–Crippen MR) is 112 cm³/mol. The molecule has 8 nitrogen and oxygen atoms in total. The summed E-state index contributed by atoms with van der Waals surface area (Å²) in [6, 6.07) is 12.3. The zero-order valence-electron chi connectivity index (χ0n) is 15.5. The first-order valence-electron chi connectivity index (χ1n) is 9.04.